The maximum absolute atomic E-state index is 13.8. The molecule has 1 spiro atoms. The van der Waals surface area contributed by atoms with Gasteiger partial charge in [-0.1, -0.05) is 31.2 Å². The smallest absolute Gasteiger partial charge is 0.264 e. The first-order valence-electron chi connectivity index (χ1n) is 12.4. The van der Waals surface area contributed by atoms with Crippen LogP contribution in [-0.2, 0) is 15.1 Å². The summed E-state index contributed by atoms with van der Waals surface area (Å²) in [5.41, 5.74) is 2.08. The molecule has 0 unspecified atom stereocenters. The summed E-state index contributed by atoms with van der Waals surface area (Å²) in [6.07, 6.45) is -0.0863. The molecule has 2 N–H and O–H groups in total. The van der Waals surface area contributed by atoms with Crippen molar-refractivity contribution in [1.29, 1.82) is 0 Å². The van der Waals surface area contributed by atoms with Gasteiger partial charge in [0.05, 0.1) is 23.0 Å². The summed E-state index contributed by atoms with van der Waals surface area (Å²) in [6.45, 7) is 5.61. The summed E-state index contributed by atoms with van der Waals surface area (Å²) in [7, 11) is -1.02. The molecule has 1 fully saturated rings. The summed E-state index contributed by atoms with van der Waals surface area (Å²) in [5, 5.41) is 11.7. The number of carbonyl (C=O) groups is 2. The zero-order valence-corrected chi connectivity index (χ0v) is 21.9. The number of ether oxygens (including phenoxy) is 1. The Bertz CT molecular complexity index is 1430. The monoisotopic (exact) mass is 502 g/mol. The number of nitrogens with zero attached hydrogens (tertiary/aromatic N) is 2. The number of amides is 2. The van der Waals surface area contributed by atoms with E-state index in [0.717, 1.165) is 22.1 Å². The van der Waals surface area contributed by atoms with Gasteiger partial charge in [-0.3, -0.25) is 14.5 Å². The van der Waals surface area contributed by atoms with E-state index in [4.69, 9.17) is 4.74 Å². The third-order valence-corrected chi connectivity index (χ3v) is 10.8. The molecule has 3 aliphatic rings. The van der Waals surface area contributed by atoms with Gasteiger partial charge >= 0.3 is 0 Å². The number of hydrogen-bond acceptors (Lipinski definition) is 5. The van der Waals surface area contributed by atoms with Gasteiger partial charge in [0.15, 0.2) is 13.9 Å². The van der Waals surface area contributed by atoms with E-state index >= 15 is 0 Å². The van der Waals surface area contributed by atoms with Gasteiger partial charge in [0.25, 0.3) is 11.8 Å². The Kier molecular flexibility index (Phi) is 5.01. The molecular weight excluding hydrogens is 472 g/mol. The standard InChI is InChI=1S/C28H30N2O5Si/c1-16-25(36(3,4)34)23(13-14-31)35-28(16)20-15-18(11-12-21(20)29(2)27(28)33)30-22-10-6-8-17-7-5-9-19(24(17)22)26(30)32/h5-12,15-16,23,25,31,34H,13-14H2,1-4H3/t16-,23+,25-,28+/m1/s1. The van der Waals surface area contributed by atoms with Crippen LogP contribution in [0.25, 0.3) is 10.8 Å². The fraction of sp³-hybridized carbons (Fsp3) is 0.357. The molecule has 186 valence electrons. The van der Waals surface area contributed by atoms with Gasteiger partial charge < -0.3 is 19.5 Å². The van der Waals surface area contributed by atoms with Crippen molar-refractivity contribution in [2.24, 2.45) is 5.92 Å². The van der Waals surface area contributed by atoms with Crippen LogP contribution in [0, 0.1) is 5.92 Å². The van der Waals surface area contributed by atoms with Crippen LogP contribution < -0.4 is 9.80 Å². The molecule has 36 heavy (non-hydrogen) atoms. The number of hydrogen-bond donors (Lipinski definition) is 2. The molecule has 8 heteroatoms. The van der Waals surface area contributed by atoms with E-state index in [-0.39, 0.29) is 29.9 Å². The van der Waals surface area contributed by atoms with E-state index in [9.17, 15) is 19.5 Å². The normalized spacial score (nSPS) is 27.1. The van der Waals surface area contributed by atoms with Gasteiger partial charge in [-0.05, 0) is 55.2 Å². The van der Waals surface area contributed by atoms with E-state index in [1.54, 1.807) is 16.8 Å². The SMILES string of the molecule is C[C@@H]1[C@@H]([Si](C)(C)O)[C@H](CCO)O[C@@]12C(=O)N(C)c1ccc(N3C(=O)c4cccc5cccc3c45)cc12. The Morgan fingerprint density at radius 3 is 2.47 bits per heavy atom. The molecule has 1 saturated heterocycles. The summed E-state index contributed by atoms with van der Waals surface area (Å²) in [5.74, 6) is -0.583. The van der Waals surface area contributed by atoms with Crippen LogP contribution in [0.5, 0.6) is 0 Å². The second-order valence-electron chi connectivity index (χ2n) is 10.8. The lowest BCUT2D eigenvalue weighted by atomic mass is 9.82. The Labute approximate surface area is 211 Å². The molecule has 6 rings (SSSR count). The lowest BCUT2D eigenvalue weighted by molar-refractivity contribution is -0.146. The average molecular weight is 503 g/mol. The molecule has 0 aromatic heterocycles. The van der Waals surface area contributed by atoms with E-state index in [1.165, 1.54) is 0 Å². The first-order chi connectivity index (χ1) is 17.1. The van der Waals surface area contributed by atoms with Crippen LogP contribution in [0.2, 0.25) is 18.6 Å². The third kappa shape index (κ3) is 2.90. The van der Waals surface area contributed by atoms with Gasteiger partial charge in [-0.25, -0.2) is 0 Å². The molecule has 7 nitrogen and oxygen atoms in total. The minimum Gasteiger partial charge on any atom is -0.432 e. The lowest BCUT2D eigenvalue weighted by Crippen LogP contribution is -2.45. The van der Waals surface area contributed by atoms with Crippen LogP contribution in [0.15, 0.2) is 54.6 Å². The fourth-order valence-corrected chi connectivity index (χ4v) is 9.48. The summed E-state index contributed by atoms with van der Waals surface area (Å²) in [4.78, 5) is 41.9. The molecule has 0 radical (unpaired) electrons. The van der Waals surface area contributed by atoms with Crippen molar-refractivity contribution in [3.05, 3.63) is 65.7 Å². The largest absolute Gasteiger partial charge is 0.432 e. The molecule has 4 atom stereocenters. The predicted octanol–water partition coefficient (Wildman–Crippen LogP) is 4.29. The average Bonchev–Trinajstić information content (AvgIpc) is 3.38. The highest BCUT2D eigenvalue weighted by Gasteiger charge is 2.65. The third-order valence-electron chi connectivity index (χ3n) is 8.33. The second kappa shape index (κ2) is 7.73. The van der Waals surface area contributed by atoms with Gasteiger partial charge in [-0.15, -0.1) is 0 Å². The second-order valence-corrected chi connectivity index (χ2v) is 14.7. The number of anilines is 3. The maximum Gasteiger partial charge on any atom is 0.264 e. The quantitative estimate of drug-likeness (QED) is 0.520. The van der Waals surface area contributed by atoms with E-state index in [2.05, 4.69) is 0 Å². The molecule has 3 aliphatic heterocycles. The van der Waals surface area contributed by atoms with Crippen LogP contribution in [0.3, 0.4) is 0 Å². The highest BCUT2D eigenvalue weighted by atomic mass is 28.4. The molecule has 3 heterocycles. The number of likely N-dealkylation sites (N-methyl/N-ethyl adjacent to an activating group) is 1. The van der Waals surface area contributed by atoms with Gasteiger partial charge in [0.1, 0.15) is 0 Å². The van der Waals surface area contributed by atoms with Crippen molar-refractivity contribution >= 4 is 48.0 Å². The Balaban J connectivity index is 1.52. The molecular formula is C28H30N2O5Si. The minimum atomic E-state index is -2.75. The zero-order chi connectivity index (χ0) is 25.6. The molecule has 0 saturated carbocycles. The summed E-state index contributed by atoms with van der Waals surface area (Å²) >= 11 is 0. The number of benzene rings is 3. The number of rotatable bonds is 4. The predicted molar refractivity (Wildman–Crippen MR) is 141 cm³/mol. The lowest BCUT2D eigenvalue weighted by Gasteiger charge is -2.32. The summed E-state index contributed by atoms with van der Waals surface area (Å²) < 4.78 is 6.59. The van der Waals surface area contributed by atoms with Gasteiger partial charge in [0, 0.05) is 41.8 Å². The molecule has 0 aliphatic carbocycles. The molecule has 2 amide bonds. The van der Waals surface area contributed by atoms with Crippen molar-refractivity contribution in [1.82, 2.24) is 0 Å². The highest BCUT2D eigenvalue weighted by molar-refractivity contribution is 6.71. The van der Waals surface area contributed by atoms with Crippen LogP contribution in [-0.4, -0.2) is 49.8 Å². The van der Waals surface area contributed by atoms with E-state index < -0.39 is 20.0 Å². The van der Waals surface area contributed by atoms with Crippen molar-refractivity contribution in [2.45, 2.75) is 43.7 Å². The van der Waals surface area contributed by atoms with Crippen molar-refractivity contribution in [3.63, 3.8) is 0 Å². The Hall–Kier alpha value is -3.04. The van der Waals surface area contributed by atoms with Crippen molar-refractivity contribution in [3.8, 4) is 0 Å². The van der Waals surface area contributed by atoms with Gasteiger partial charge in [-0.2, -0.15) is 0 Å². The zero-order valence-electron chi connectivity index (χ0n) is 20.9. The Morgan fingerprint density at radius 1 is 1.06 bits per heavy atom. The topological polar surface area (TPSA) is 90.3 Å². The van der Waals surface area contributed by atoms with Crippen LogP contribution >= 0.6 is 0 Å². The number of aliphatic hydroxyl groups is 1. The maximum atomic E-state index is 13.8. The minimum absolute atomic E-state index is 0.0874. The first kappa shape index (κ1) is 23.4. The van der Waals surface area contributed by atoms with E-state index in [1.807, 2.05) is 74.6 Å². The molecule has 3 aromatic carbocycles. The molecule has 3 aromatic rings. The number of fused-ring (bicyclic) bond motifs is 2. The van der Waals surface area contributed by atoms with Crippen molar-refractivity contribution < 1.29 is 24.2 Å². The van der Waals surface area contributed by atoms with Crippen LogP contribution in [0.1, 0.15) is 29.3 Å². The van der Waals surface area contributed by atoms with Gasteiger partial charge in [0.2, 0.25) is 0 Å². The number of aliphatic hydroxyl groups excluding tert-OH is 1. The van der Waals surface area contributed by atoms with Crippen LogP contribution in [0.4, 0.5) is 17.1 Å². The molecule has 0 bridgehead atoms. The van der Waals surface area contributed by atoms with E-state index in [0.29, 0.717) is 23.2 Å². The fourth-order valence-electron chi connectivity index (χ4n) is 6.88. The van der Waals surface area contributed by atoms with Crippen molar-refractivity contribution in [2.75, 3.05) is 23.5 Å². The summed E-state index contributed by atoms with van der Waals surface area (Å²) in [6, 6.07) is 17.3. The Morgan fingerprint density at radius 2 is 1.78 bits per heavy atom. The number of carbonyl (C=O) groups excluding carboxylic acids is 2. The highest BCUT2D eigenvalue weighted by Crippen LogP contribution is 2.60. The first-order valence-corrected chi connectivity index (χ1v) is 15.4.